The topological polar surface area (TPSA) is 55.3 Å². The van der Waals surface area contributed by atoms with E-state index >= 15 is 0 Å². The third kappa shape index (κ3) is 3.65. The summed E-state index contributed by atoms with van der Waals surface area (Å²) < 4.78 is 6.44. The van der Waals surface area contributed by atoms with Gasteiger partial charge in [-0.25, -0.2) is 0 Å². The molecule has 0 saturated carbocycles. The van der Waals surface area contributed by atoms with Crippen LogP contribution in [0.4, 0.5) is 0 Å². The van der Waals surface area contributed by atoms with Crippen LogP contribution < -0.4 is 0 Å². The van der Waals surface area contributed by atoms with Crippen LogP contribution in [0.1, 0.15) is 13.8 Å². The van der Waals surface area contributed by atoms with E-state index in [9.17, 15) is 4.79 Å². The van der Waals surface area contributed by atoms with Gasteiger partial charge in [-0.3, -0.25) is 4.79 Å². The van der Waals surface area contributed by atoms with E-state index < -0.39 is 0 Å². The van der Waals surface area contributed by atoms with Gasteiger partial charge in [-0.15, -0.1) is 10.2 Å². The van der Waals surface area contributed by atoms with E-state index in [1.165, 1.54) is 23.1 Å². The summed E-state index contributed by atoms with van der Waals surface area (Å²) in [6.07, 6.45) is 0.239. The summed E-state index contributed by atoms with van der Waals surface area (Å²) in [4.78, 5) is 13.9. The first kappa shape index (κ1) is 12.8. The summed E-state index contributed by atoms with van der Waals surface area (Å²) >= 11 is 2.90. The van der Waals surface area contributed by atoms with Gasteiger partial charge in [0.15, 0.2) is 4.34 Å². The molecule has 0 N–H and O–H groups in total. The third-order valence-electron chi connectivity index (χ3n) is 2.43. The SMILES string of the molecule is CC1CN(C(=O)CSc2nncs2)CC(C)O1. The molecule has 2 unspecified atom stereocenters. The first-order valence-corrected chi connectivity index (χ1v) is 7.34. The standard InChI is InChI=1S/C10H15N3O2S2/c1-7-3-13(4-8(2)15-7)9(14)5-16-10-12-11-6-17-10/h6-8H,3-5H2,1-2H3. The van der Waals surface area contributed by atoms with Crippen molar-refractivity contribution in [2.75, 3.05) is 18.8 Å². The Kier molecular flexibility index (Phi) is 4.36. The minimum Gasteiger partial charge on any atom is -0.372 e. The van der Waals surface area contributed by atoms with E-state index in [0.29, 0.717) is 18.8 Å². The molecule has 5 nitrogen and oxygen atoms in total. The summed E-state index contributed by atoms with van der Waals surface area (Å²) in [5.74, 6) is 0.571. The van der Waals surface area contributed by atoms with Crippen LogP contribution in [0.2, 0.25) is 0 Å². The van der Waals surface area contributed by atoms with Crippen LogP contribution in [-0.2, 0) is 9.53 Å². The lowest BCUT2D eigenvalue weighted by Gasteiger charge is -2.35. The highest BCUT2D eigenvalue weighted by molar-refractivity contribution is 8.01. The lowest BCUT2D eigenvalue weighted by atomic mass is 10.2. The second-order valence-electron chi connectivity index (χ2n) is 4.05. The van der Waals surface area contributed by atoms with Crippen molar-refractivity contribution in [3.63, 3.8) is 0 Å². The monoisotopic (exact) mass is 273 g/mol. The van der Waals surface area contributed by atoms with Crippen LogP contribution in [0.3, 0.4) is 0 Å². The molecule has 0 bridgehead atoms. The third-order valence-corrected chi connectivity index (χ3v) is 4.28. The molecule has 1 aromatic heterocycles. The molecular weight excluding hydrogens is 258 g/mol. The molecule has 2 rings (SSSR count). The Balaban J connectivity index is 1.83. The highest BCUT2D eigenvalue weighted by Crippen LogP contribution is 2.20. The van der Waals surface area contributed by atoms with Gasteiger partial charge in [0.25, 0.3) is 0 Å². The molecule has 94 valence electrons. The van der Waals surface area contributed by atoms with Crippen molar-refractivity contribution >= 4 is 29.0 Å². The maximum atomic E-state index is 12.0. The Labute approximate surface area is 109 Å². The number of carbonyl (C=O) groups is 1. The van der Waals surface area contributed by atoms with Crippen molar-refractivity contribution in [1.82, 2.24) is 15.1 Å². The molecule has 2 heterocycles. The highest BCUT2D eigenvalue weighted by Gasteiger charge is 2.25. The van der Waals surface area contributed by atoms with Gasteiger partial charge in [-0.05, 0) is 13.8 Å². The maximum Gasteiger partial charge on any atom is 0.233 e. The van der Waals surface area contributed by atoms with Crippen LogP contribution in [0.15, 0.2) is 9.85 Å². The zero-order valence-corrected chi connectivity index (χ0v) is 11.5. The molecule has 0 radical (unpaired) electrons. The Morgan fingerprint density at radius 1 is 1.59 bits per heavy atom. The number of aromatic nitrogens is 2. The second-order valence-corrected chi connectivity index (χ2v) is 6.11. The molecule has 1 fully saturated rings. The van der Waals surface area contributed by atoms with Crippen molar-refractivity contribution in [1.29, 1.82) is 0 Å². The van der Waals surface area contributed by atoms with E-state index in [4.69, 9.17) is 4.74 Å². The maximum absolute atomic E-state index is 12.0. The first-order valence-electron chi connectivity index (χ1n) is 5.47. The van der Waals surface area contributed by atoms with Crippen LogP contribution in [0.25, 0.3) is 0 Å². The molecule has 2 atom stereocenters. The van der Waals surface area contributed by atoms with Gasteiger partial charge in [0.2, 0.25) is 5.91 Å². The van der Waals surface area contributed by atoms with Crippen molar-refractivity contribution < 1.29 is 9.53 Å². The van der Waals surface area contributed by atoms with E-state index in [0.717, 1.165) is 4.34 Å². The van der Waals surface area contributed by atoms with Crippen LogP contribution >= 0.6 is 23.1 Å². The Hall–Kier alpha value is -0.660. The number of rotatable bonds is 3. The number of carbonyl (C=O) groups excluding carboxylic acids is 1. The average Bonchev–Trinajstić information content (AvgIpc) is 2.77. The molecule has 17 heavy (non-hydrogen) atoms. The number of hydrogen-bond donors (Lipinski definition) is 0. The molecule has 1 saturated heterocycles. The van der Waals surface area contributed by atoms with E-state index in [1.807, 2.05) is 18.7 Å². The van der Waals surface area contributed by atoms with Crippen LogP contribution in [0, 0.1) is 0 Å². The Morgan fingerprint density at radius 2 is 2.29 bits per heavy atom. The number of hydrogen-bond acceptors (Lipinski definition) is 6. The van der Waals surface area contributed by atoms with Gasteiger partial charge in [-0.1, -0.05) is 23.1 Å². The van der Waals surface area contributed by atoms with E-state index in [1.54, 1.807) is 5.51 Å². The lowest BCUT2D eigenvalue weighted by Crippen LogP contribution is -2.48. The Morgan fingerprint density at radius 3 is 2.88 bits per heavy atom. The fourth-order valence-corrected chi connectivity index (χ4v) is 3.21. The van der Waals surface area contributed by atoms with Gasteiger partial charge in [0, 0.05) is 13.1 Å². The lowest BCUT2D eigenvalue weighted by molar-refractivity contribution is -0.140. The predicted molar refractivity (Wildman–Crippen MR) is 67.2 cm³/mol. The molecular formula is C10H15N3O2S2. The number of morpholine rings is 1. The fourth-order valence-electron chi connectivity index (χ4n) is 1.82. The summed E-state index contributed by atoms with van der Waals surface area (Å²) in [5.41, 5.74) is 1.67. The highest BCUT2D eigenvalue weighted by atomic mass is 32.2. The summed E-state index contributed by atoms with van der Waals surface area (Å²) in [7, 11) is 0. The molecule has 1 aliphatic rings. The minimum absolute atomic E-state index is 0.120. The van der Waals surface area contributed by atoms with Gasteiger partial charge >= 0.3 is 0 Å². The van der Waals surface area contributed by atoms with Crippen molar-refractivity contribution in [2.24, 2.45) is 0 Å². The van der Waals surface area contributed by atoms with Gasteiger partial charge < -0.3 is 9.64 Å². The predicted octanol–water partition coefficient (Wildman–Crippen LogP) is 1.27. The quantitative estimate of drug-likeness (QED) is 0.776. The van der Waals surface area contributed by atoms with Crippen molar-refractivity contribution in [3.05, 3.63) is 5.51 Å². The number of nitrogens with zero attached hydrogens (tertiary/aromatic N) is 3. The van der Waals surface area contributed by atoms with Crippen molar-refractivity contribution in [3.8, 4) is 0 Å². The summed E-state index contributed by atoms with van der Waals surface area (Å²) in [5, 5.41) is 7.64. The smallest absolute Gasteiger partial charge is 0.233 e. The normalized spacial score (nSPS) is 24.9. The summed E-state index contributed by atoms with van der Waals surface area (Å²) in [6.45, 7) is 5.35. The van der Waals surface area contributed by atoms with Crippen LogP contribution in [-0.4, -0.2) is 52.1 Å². The molecule has 0 aliphatic carbocycles. The molecule has 1 aliphatic heterocycles. The average molecular weight is 273 g/mol. The number of thioether (sulfide) groups is 1. The zero-order valence-electron chi connectivity index (χ0n) is 9.83. The molecule has 0 aromatic carbocycles. The van der Waals surface area contributed by atoms with Gasteiger partial charge in [-0.2, -0.15) is 0 Å². The fraction of sp³-hybridized carbons (Fsp3) is 0.700. The largest absolute Gasteiger partial charge is 0.372 e. The van der Waals surface area contributed by atoms with Crippen molar-refractivity contribution in [2.45, 2.75) is 30.4 Å². The second kappa shape index (κ2) is 5.79. The number of ether oxygens (including phenoxy) is 1. The van der Waals surface area contributed by atoms with E-state index in [-0.39, 0.29) is 18.1 Å². The van der Waals surface area contributed by atoms with Crippen LogP contribution in [0.5, 0.6) is 0 Å². The Bertz CT molecular complexity index is 362. The molecule has 1 aromatic rings. The molecule has 1 amide bonds. The molecule has 0 spiro atoms. The molecule has 7 heteroatoms. The van der Waals surface area contributed by atoms with Gasteiger partial charge in [0.1, 0.15) is 5.51 Å². The number of amides is 1. The minimum atomic E-state index is 0.120. The van der Waals surface area contributed by atoms with E-state index in [2.05, 4.69) is 10.2 Å². The summed E-state index contributed by atoms with van der Waals surface area (Å²) in [6, 6.07) is 0. The van der Waals surface area contributed by atoms with Gasteiger partial charge in [0.05, 0.1) is 18.0 Å². The zero-order chi connectivity index (χ0) is 12.3. The first-order chi connectivity index (χ1) is 8.15.